The molecule has 0 aromatic heterocycles. The van der Waals surface area contributed by atoms with Gasteiger partial charge in [-0.25, -0.2) is 4.39 Å². The Morgan fingerprint density at radius 2 is 2.20 bits per heavy atom. The second-order valence-corrected chi connectivity index (χ2v) is 6.87. The van der Waals surface area contributed by atoms with Crippen LogP contribution in [0.15, 0.2) is 18.2 Å². The first-order chi connectivity index (χ1) is 9.38. The van der Waals surface area contributed by atoms with Crippen LogP contribution in [0.3, 0.4) is 0 Å². The molecule has 112 valence electrons. The van der Waals surface area contributed by atoms with Crippen LogP contribution in [-0.4, -0.2) is 17.8 Å². The van der Waals surface area contributed by atoms with E-state index < -0.39 is 17.8 Å². The summed E-state index contributed by atoms with van der Waals surface area (Å²) in [5.41, 5.74) is 6.31. The molecule has 1 aliphatic carbocycles. The van der Waals surface area contributed by atoms with Gasteiger partial charge in [-0.3, -0.25) is 0 Å². The molecule has 0 saturated heterocycles. The van der Waals surface area contributed by atoms with Gasteiger partial charge in [-0.15, -0.1) is 0 Å². The smallest absolute Gasteiger partial charge is 0.145 e. The van der Waals surface area contributed by atoms with Crippen molar-refractivity contribution in [1.82, 2.24) is 0 Å². The Bertz CT molecular complexity index is 478. The number of hydrogen-bond acceptors (Lipinski definition) is 2. The lowest BCUT2D eigenvalue weighted by Crippen LogP contribution is -2.37. The van der Waals surface area contributed by atoms with Crippen LogP contribution in [0.5, 0.6) is 0 Å². The van der Waals surface area contributed by atoms with Crippen LogP contribution in [0.1, 0.15) is 44.6 Å². The van der Waals surface area contributed by atoms with Gasteiger partial charge in [0.15, 0.2) is 0 Å². The molecule has 0 bridgehead atoms. The van der Waals surface area contributed by atoms with Crippen LogP contribution in [-0.2, 0) is 0 Å². The molecule has 1 aromatic carbocycles. The Hall–Kier alpha value is -0.640. The predicted molar refractivity (Wildman–Crippen MR) is 80.3 cm³/mol. The van der Waals surface area contributed by atoms with Crippen LogP contribution >= 0.6 is 11.6 Å². The zero-order valence-corrected chi connectivity index (χ0v) is 12.8. The van der Waals surface area contributed by atoms with Crippen molar-refractivity contribution in [2.24, 2.45) is 17.1 Å². The van der Waals surface area contributed by atoms with Gasteiger partial charge in [0.05, 0.1) is 11.1 Å². The molecule has 2 rings (SSSR count). The molecule has 0 spiro atoms. The molecule has 1 aromatic rings. The molecule has 0 amide bonds. The van der Waals surface area contributed by atoms with Crippen molar-refractivity contribution in [1.29, 1.82) is 0 Å². The minimum absolute atomic E-state index is 0.0713. The number of aliphatic hydroxyl groups excluding tert-OH is 1. The first kappa shape index (κ1) is 15.7. The van der Waals surface area contributed by atoms with Crippen molar-refractivity contribution in [2.75, 3.05) is 6.54 Å². The van der Waals surface area contributed by atoms with Crippen LogP contribution < -0.4 is 5.73 Å². The second-order valence-electron chi connectivity index (χ2n) is 6.46. The highest BCUT2D eigenvalue weighted by Crippen LogP contribution is 2.47. The van der Waals surface area contributed by atoms with Crippen molar-refractivity contribution in [3.8, 4) is 0 Å². The molecule has 20 heavy (non-hydrogen) atoms. The molecule has 3 unspecified atom stereocenters. The van der Waals surface area contributed by atoms with Gasteiger partial charge in [-0.2, -0.15) is 0 Å². The van der Waals surface area contributed by atoms with Crippen molar-refractivity contribution in [3.05, 3.63) is 34.6 Å². The summed E-state index contributed by atoms with van der Waals surface area (Å²) in [6.45, 7) is 4.54. The summed E-state index contributed by atoms with van der Waals surface area (Å²) in [5.74, 6) is -0.718. The molecule has 4 heteroatoms. The fourth-order valence-electron chi connectivity index (χ4n) is 3.52. The zero-order valence-electron chi connectivity index (χ0n) is 12.1. The van der Waals surface area contributed by atoms with Crippen LogP contribution in [0.2, 0.25) is 5.02 Å². The maximum Gasteiger partial charge on any atom is 0.145 e. The Morgan fingerprint density at radius 3 is 2.75 bits per heavy atom. The van der Waals surface area contributed by atoms with E-state index >= 15 is 0 Å². The summed E-state index contributed by atoms with van der Waals surface area (Å²) in [4.78, 5) is 0. The Kier molecular flexibility index (Phi) is 4.73. The molecular weight excluding hydrogens is 277 g/mol. The molecule has 1 fully saturated rings. The minimum atomic E-state index is -0.634. The lowest BCUT2D eigenvalue weighted by molar-refractivity contribution is 0.0337. The van der Waals surface area contributed by atoms with Crippen LogP contribution in [0.25, 0.3) is 0 Å². The highest BCUT2D eigenvalue weighted by atomic mass is 35.5. The van der Waals surface area contributed by atoms with Crippen LogP contribution in [0, 0.1) is 17.2 Å². The van der Waals surface area contributed by atoms with E-state index in [4.69, 9.17) is 17.3 Å². The van der Waals surface area contributed by atoms with Gasteiger partial charge in [0, 0.05) is 12.5 Å². The van der Waals surface area contributed by atoms with Gasteiger partial charge in [0.1, 0.15) is 5.82 Å². The Morgan fingerprint density at radius 1 is 1.50 bits per heavy atom. The Labute approximate surface area is 125 Å². The van der Waals surface area contributed by atoms with E-state index in [1.54, 1.807) is 12.1 Å². The summed E-state index contributed by atoms with van der Waals surface area (Å²) in [6, 6.07) is 4.89. The zero-order chi connectivity index (χ0) is 14.9. The number of rotatable bonds is 4. The largest absolute Gasteiger partial charge is 0.392 e. The lowest BCUT2D eigenvalue weighted by atomic mass is 9.73. The van der Waals surface area contributed by atoms with Crippen molar-refractivity contribution in [2.45, 2.75) is 45.1 Å². The van der Waals surface area contributed by atoms with E-state index in [9.17, 15) is 9.50 Å². The van der Waals surface area contributed by atoms with E-state index in [1.807, 2.05) is 0 Å². The van der Waals surface area contributed by atoms with Crippen molar-refractivity contribution < 1.29 is 9.50 Å². The average molecular weight is 300 g/mol. The predicted octanol–water partition coefficient (Wildman–Crippen LogP) is 3.71. The summed E-state index contributed by atoms with van der Waals surface area (Å²) >= 11 is 5.84. The number of hydrogen-bond donors (Lipinski definition) is 2. The van der Waals surface area contributed by atoms with E-state index in [1.165, 1.54) is 6.07 Å². The second kappa shape index (κ2) is 6.00. The molecule has 1 saturated carbocycles. The highest BCUT2D eigenvalue weighted by molar-refractivity contribution is 6.30. The molecule has 3 N–H and O–H groups in total. The molecule has 2 nitrogen and oxygen atoms in total. The summed E-state index contributed by atoms with van der Waals surface area (Å²) in [5, 5.41) is 10.8. The standard InChI is InChI=1S/C16H23ClFNO/c1-16(2)8-4-6-12(16)15(20)11(9-19)10-5-3-7-13(17)14(10)18/h3,5,7,11-12,15,20H,4,6,8-9,19H2,1-2H3. The monoisotopic (exact) mass is 299 g/mol. The molecule has 0 radical (unpaired) electrons. The molecule has 3 atom stereocenters. The number of aliphatic hydroxyl groups is 1. The van der Waals surface area contributed by atoms with Gasteiger partial charge in [0.25, 0.3) is 0 Å². The first-order valence-corrected chi connectivity index (χ1v) is 7.58. The lowest BCUT2D eigenvalue weighted by Gasteiger charge is -2.35. The fourth-order valence-corrected chi connectivity index (χ4v) is 3.71. The molecular formula is C16H23ClFNO. The normalized spacial score (nSPS) is 24.6. The van der Waals surface area contributed by atoms with Crippen LogP contribution in [0.4, 0.5) is 4.39 Å². The fraction of sp³-hybridized carbons (Fsp3) is 0.625. The van der Waals surface area contributed by atoms with E-state index in [2.05, 4.69) is 13.8 Å². The first-order valence-electron chi connectivity index (χ1n) is 7.20. The van der Waals surface area contributed by atoms with Gasteiger partial charge < -0.3 is 10.8 Å². The third kappa shape index (κ3) is 2.85. The van der Waals surface area contributed by atoms with E-state index in [-0.39, 0.29) is 22.9 Å². The summed E-state index contributed by atoms with van der Waals surface area (Å²) in [6.07, 6.45) is 2.52. The highest BCUT2D eigenvalue weighted by Gasteiger charge is 2.42. The molecule has 0 aliphatic heterocycles. The maximum absolute atomic E-state index is 14.2. The topological polar surface area (TPSA) is 46.2 Å². The van der Waals surface area contributed by atoms with Crippen molar-refractivity contribution >= 4 is 11.6 Å². The minimum Gasteiger partial charge on any atom is -0.392 e. The van der Waals surface area contributed by atoms with Gasteiger partial charge >= 0.3 is 0 Å². The third-order valence-corrected chi connectivity index (χ3v) is 5.09. The van der Waals surface area contributed by atoms with E-state index in [0.717, 1.165) is 19.3 Å². The van der Waals surface area contributed by atoms with E-state index in [0.29, 0.717) is 5.56 Å². The summed E-state index contributed by atoms with van der Waals surface area (Å²) < 4.78 is 14.2. The third-order valence-electron chi connectivity index (χ3n) is 4.80. The Balaban J connectivity index is 2.30. The molecule has 1 aliphatic rings. The van der Waals surface area contributed by atoms with Gasteiger partial charge in [-0.05, 0) is 35.8 Å². The number of nitrogens with two attached hydrogens (primary N) is 1. The number of halogens is 2. The summed E-state index contributed by atoms with van der Waals surface area (Å²) in [7, 11) is 0. The van der Waals surface area contributed by atoms with Gasteiger partial charge in [0.2, 0.25) is 0 Å². The maximum atomic E-state index is 14.2. The van der Waals surface area contributed by atoms with Crippen molar-refractivity contribution in [3.63, 3.8) is 0 Å². The average Bonchev–Trinajstić information content (AvgIpc) is 2.74. The van der Waals surface area contributed by atoms with Gasteiger partial charge in [-0.1, -0.05) is 44.0 Å². The number of benzene rings is 1. The molecule has 0 heterocycles. The SMILES string of the molecule is CC1(C)CCCC1C(O)C(CN)c1cccc(Cl)c1F. The quantitative estimate of drug-likeness (QED) is 0.890.